The Morgan fingerprint density at radius 1 is 1.20 bits per heavy atom. The topological polar surface area (TPSA) is 48.9 Å². The smallest absolute Gasteiger partial charge is 0.387 e. The third-order valence-electron chi connectivity index (χ3n) is 5.08. The van der Waals surface area contributed by atoms with Gasteiger partial charge in [0.1, 0.15) is 5.75 Å². The molecule has 0 saturated carbocycles. The van der Waals surface area contributed by atoms with Gasteiger partial charge in [-0.3, -0.25) is 9.89 Å². The zero-order valence-corrected chi connectivity index (χ0v) is 20.2. The Morgan fingerprint density at radius 2 is 1.97 bits per heavy atom. The number of ether oxygens (including phenoxy) is 1. The minimum absolute atomic E-state index is 0. The fraction of sp³-hybridized carbons (Fsp3) is 0.476. The van der Waals surface area contributed by atoms with Gasteiger partial charge in [-0.25, -0.2) is 0 Å². The van der Waals surface area contributed by atoms with Crippen molar-refractivity contribution in [1.29, 1.82) is 0 Å². The number of thiophene rings is 1. The van der Waals surface area contributed by atoms with Crippen molar-refractivity contribution in [3.8, 4) is 5.75 Å². The Kier molecular flexibility index (Phi) is 10.8. The fourth-order valence-electron chi connectivity index (χ4n) is 3.47. The summed E-state index contributed by atoms with van der Waals surface area (Å²) in [7, 11) is 1.71. The molecule has 9 heteroatoms. The van der Waals surface area contributed by atoms with Gasteiger partial charge >= 0.3 is 6.61 Å². The molecule has 5 nitrogen and oxygen atoms in total. The summed E-state index contributed by atoms with van der Waals surface area (Å²) in [5.74, 6) is 1.45. The lowest BCUT2D eigenvalue weighted by Gasteiger charge is -2.32. The van der Waals surface area contributed by atoms with Crippen molar-refractivity contribution in [3.63, 3.8) is 0 Å². The molecular weight excluding hydrogens is 521 g/mol. The molecule has 0 bridgehead atoms. The number of hydrogen-bond acceptors (Lipinski definition) is 4. The Morgan fingerprint density at radius 3 is 2.63 bits per heavy atom. The molecule has 0 spiro atoms. The molecule has 1 saturated heterocycles. The number of para-hydroxylation sites is 1. The Hall–Kier alpha value is -1.46. The SMILES string of the molecule is CN=C(NCc1ccccc1OC(F)F)NCC1CCN(Cc2cccs2)CC1.I. The molecule has 1 aliphatic heterocycles. The minimum atomic E-state index is -2.83. The number of hydrogen-bond donors (Lipinski definition) is 2. The van der Waals surface area contributed by atoms with Crippen molar-refractivity contribution in [1.82, 2.24) is 15.5 Å². The molecule has 3 rings (SSSR count). The van der Waals surface area contributed by atoms with E-state index >= 15 is 0 Å². The maximum Gasteiger partial charge on any atom is 0.387 e. The first-order chi connectivity index (χ1) is 14.1. The molecule has 1 fully saturated rings. The van der Waals surface area contributed by atoms with Gasteiger partial charge in [0.25, 0.3) is 0 Å². The Labute approximate surface area is 197 Å². The number of alkyl halides is 2. The van der Waals surface area contributed by atoms with Crippen LogP contribution in [0.4, 0.5) is 8.78 Å². The fourth-order valence-corrected chi connectivity index (χ4v) is 4.22. The van der Waals surface area contributed by atoms with Crippen LogP contribution in [0.25, 0.3) is 0 Å². The number of rotatable bonds is 8. The van der Waals surface area contributed by atoms with Crippen molar-refractivity contribution in [2.24, 2.45) is 10.9 Å². The quantitative estimate of drug-likeness (QED) is 0.288. The number of nitrogens with one attached hydrogen (secondary N) is 2. The Balaban J connectivity index is 0.00000320. The first kappa shape index (κ1) is 24.8. The van der Waals surface area contributed by atoms with E-state index in [2.05, 4.69) is 42.8 Å². The van der Waals surface area contributed by atoms with E-state index in [1.807, 2.05) is 11.3 Å². The molecule has 0 unspecified atom stereocenters. The zero-order valence-electron chi connectivity index (χ0n) is 17.0. The predicted molar refractivity (Wildman–Crippen MR) is 129 cm³/mol. The predicted octanol–water partition coefficient (Wildman–Crippen LogP) is 4.54. The van der Waals surface area contributed by atoms with E-state index in [9.17, 15) is 8.78 Å². The summed E-state index contributed by atoms with van der Waals surface area (Å²) in [6, 6.07) is 11.1. The molecular formula is C21H29F2IN4OS. The maximum atomic E-state index is 12.5. The van der Waals surface area contributed by atoms with Crippen molar-refractivity contribution in [3.05, 3.63) is 52.2 Å². The van der Waals surface area contributed by atoms with Crippen LogP contribution in [0, 0.1) is 5.92 Å². The van der Waals surface area contributed by atoms with Crippen LogP contribution in [-0.2, 0) is 13.1 Å². The standard InChI is InChI=1S/C21H28F2N4OS.HI/c1-24-21(26-14-17-5-2-3-7-19(17)28-20(22)23)25-13-16-8-10-27(11-9-16)15-18-6-4-12-29-18;/h2-7,12,16,20H,8-11,13-15H2,1H3,(H2,24,25,26);1H. The summed E-state index contributed by atoms with van der Waals surface area (Å²) < 4.78 is 29.7. The highest BCUT2D eigenvalue weighted by Gasteiger charge is 2.19. The van der Waals surface area contributed by atoms with Gasteiger partial charge in [0.15, 0.2) is 5.96 Å². The number of aliphatic imine (C=N–C) groups is 1. The van der Waals surface area contributed by atoms with Gasteiger partial charge in [-0.2, -0.15) is 8.78 Å². The number of nitrogens with zero attached hydrogens (tertiary/aromatic N) is 2. The van der Waals surface area contributed by atoms with E-state index in [1.165, 1.54) is 4.88 Å². The lowest BCUT2D eigenvalue weighted by Crippen LogP contribution is -2.42. The van der Waals surface area contributed by atoms with E-state index in [1.54, 1.807) is 31.3 Å². The normalized spacial score (nSPS) is 15.7. The van der Waals surface area contributed by atoms with Gasteiger partial charge in [-0.15, -0.1) is 35.3 Å². The molecule has 0 aliphatic carbocycles. The van der Waals surface area contributed by atoms with Crippen LogP contribution >= 0.6 is 35.3 Å². The first-order valence-corrected chi connectivity index (χ1v) is 10.7. The highest BCUT2D eigenvalue weighted by molar-refractivity contribution is 14.0. The summed E-state index contributed by atoms with van der Waals surface area (Å²) >= 11 is 1.81. The lowest BCUT2D eigenvalue weighted by atomic mass is 9.97. The second-order valence-corrected chi connectivity index (χ2v) is 8.12. The van der Waals surface area contributed by atoms with E-state index in [-0.39, 0.29) is 29.7 Å². The summed E-state index contributed by atoms with van der Waals surface area (Å²) in [5.41, 5.74) is 0.664. The highest BCUT2D eigenvalue weighted by atomic mass is 127. The molecule has 166 valence electrons. The molecule has 1 aliphatic rings. The number of piperidine rings is 1. The molecule has 30 heavy (non-hydrogen) atoms. The van der Waals surface area contributed by atoms with Crippen LogP contribution in [0.15, 0.2) is 46.8 Å². The van der Waals surface area contributed by atoms with Crippen molar-refractivity contribution < 1.29 is 13.5 Å². The van der Waals surface area contributed by atoms with Crippen LogP contribution in [-0.4, -0.2) is 44.2 Å². The number of guanidine groups is 1. The first-order valence-electron chi connectivity index (χ1n) is 9.86. The molecule has 1 aromatic carbocycles. The molecule has 2 aromatic rings. The molecule has 0 atom stereocenters. The van der Waals surface area contributed by atoms with Crippen LogP contribution in [0.1, 0.15) is 23.3 Å². The number of likely N-dealkylation sites (tertiary alicyclic amines) is 1. The average Bonchev–Trinajstić information content (AvgIpc) is 3.23. The monoisotopic (exact) mass is 550 g/mol. The second-order valence-electron chi connectivity index (χ2n) is 7.09. The van der Waals surface area contributed by atoms with Crippen LogP contribution in [0.2, 0.25) is 0 Å². The largest absolute Gasteiger partial charge is 0.434 e. The van der Waals surface area contributed by atoms with E-state index in [0.29, 0.717) is 24.0 Å². The summed E-state index contributed by atoms with van der Waals surface area (Å²) in [6.45, 7) is 1.63. The van der Waals surface area contributed by atoms with Gasteiger partial charge < -0.3 is 15.4 Å². The third kappa shape index (κ3) is 7.99. The van der Waals surface area contributed by atoms with Gasteiger partial charge in [-0.1, -0.05) is 24.3 Å². The Bertz CT molecular complexity index is 768. The molecule has 0 radical (unpaired) electrons. The van der Waals surface area contributed by atoms with Crippen molar-refractivity contribution in [2.75, 3.05) is 26.7 Å². The van der Waals surface area contributed by atoms with E-state index in [0.717, 1.165) is 39.0 Å². The average molecular weight is 550 g/mol. The van der Waals surface area contributed by atoms with Crippen LogP contribution in [0.3, 0.4) is 0 Å². The zero-order chi connectivity index (χ0) is 20.5. The van der Waals surface area contributed by atoms with E-state index < -0.39 is 6.61 Å². The summed E-state index contributed by atoms with van der Waals surface area (Å²) in [4.78, 5) is 8.17. The molecule has 2 heterocycles. The van der Waals surface area contributed by atoms with Gasteiger partial charge in [0, 0.05) is 37.1 Å². The molecule has 1 aromatic heterocycles. The summed E-state index contributed by atoms with van der Waals surface area (Å²) in [5, 5.41) is 8.67. The van der Waals surface area contributed by atoms with Gasteiger partial charge in [0.2, 0.25) is 0 Å². The third-order valence-corrected chi connectivity index (χ3v) is 5.94. The second kappa shape index (κ2) is 13.1. The summed E-state index contributed by atoms with van der Waals surface area (Å²) in [6.07, 6.45) is 2.31. The van der Waals surface area contributed by atoms with Crippen LogP contribution in [0.5, 0.6) is 5.75 Å². The van der Waals surface area contributed by atoms with Crippen molar-refractivity contribution >= 4 is 41.3 Å². The van der Waals surface area contributed by atoms with Crippen molar-refractivity contribution in [2.45, 2.75) is 32.5 Å². The lowest BCUT2D eigenvalue weighted by molar-refractivity contribution is -0.0504. The van der Waals surface area contributed by atoms with E-state index in [4.69, 9.17) is 0 Å². The number of halogens is 3. The molecule has 0 amide bonds. The van der Waals surface area contributed by atoms with Gasteiger partial charge in [0.05, 0.1) is 0 Å². The highest BCUT2D eigenvalue weighted by Crippen LogP contribution is 2.21. The minimum Gasteiger partial charge on any atom is -0.434 e. The van der Waals surface area contributed by atoms with Crippen LogP contribution < -0.4 is 15.4 Å². The maximum absolute atomic E-state index is 12.5. The van der Waals surface area contributed by atoms with Gasteiger partial charge in [-0.05, 0) is 49.4 Å². The molecule has 2 N–H and O–H groups in total. The number of benzene rings is 1.